The molecule has 2 aromatic rings. The van der Waals surface area contributed by atoms with E-state index in [1.54, 1.807) is 0 Å². The van der Waals surface area contributed by atoms with E-state index < -0.39 is 38.3 Å². The number of rotatable bonds is 7. The number of halogens is 5. The molecule has 0 aromatic heterocycles. The van der Waals surface area contributed by atoms with Gasteiger partial charge in [-0.1, -0.05) is 6.07 Å². The van der Waals surface area contributed by atoms with E-state index in [-0.39, 0.29) is 37.1 Å². The minimum atomic E-state index is -5.01. The molecule has 0 saturated carbocycles. The molecule has 0 aliphatic carbocycles. The van der Waals surface area contributed by atoms with Crippen molar-refractivity contribution >= 4 is 10.0 Å². The van der Waals surface area contributed by atoms with Gasteiger partial charge in [0.1, 0.15) is 11.6 Å². The van der Waals surface area contributed by atoms with E-state index in [1.807, 2.05) is 4.72 Å². The molecule has 0 heterocycles. The zero-order chi connectivity index (χ0) is 20.2. The average molecular weight is 409 g/mol. The fraction of sp³-hybridized carbons (Fsp3) is 0.294. The summed E-state index contributed by atoms with van der Waals surface area (Å²) >= 11 is 0. The maximum Gasteiger partial charge on any atom is 0.417 e. The molecule has 4 nitrogen and oxygen atoms in total. The molecule has 0 aliphatic heterocycles. The lowest BCUT2D eigenvalue weighted by atomic mass is 10.0. The van der Waals surface area contributed by atoms with Crippen LogP contribution in [0.1, 0.15) is 18.4 Å². The molecule has 2 rings (SSSR count). The topological polar surface area (TPSA) is 66.4 Å². The first-order valence-electron chi connectivity index (χ1n) is 7.83. The molecular weight excluding hydrogens is 393 g/mol. The van der Waals surface area contributed by atoms with Gasteiger partial charge in [-0.3, -0.25) is 0 Å². The molecule has 2 aromatic carbocycles. The van der Waals surface area contributed by atoms with Crippen LogP contribution in [0.25, 0.3) is 11.1 Å². The number of benzene rings is 2. The van der Waals surface area contributed by atoms with E-state index in [0.717, 1.165) is 24.3 Å². The Bertz CT molecular complexity index is 913. The van der Waals surface area contributed by atoms with Crippen molar-refractivity contribution in [2.24, 2.45) is 0 Å². The lowest BCUT2D eigenvalue weighted by molar-refractivity contribution is -0.139. The largest absolute Gasteiger partial charge is 0.417 e. The van der Waals surface area contributed by atoms with Crippen molar-refractivity contribution in [2.45, 2.75) is 23.9 Å². The van der Waals surface area contributed by atoms with Crippen molar-refractivity contribution in [3.8, 4) is 11.1 Å². The van der Waals surface area contributed by atoms with Crippen molar-refractivity contribution in [2.75, 3.05) is 13.2 Å². The Kier molecular flexibility index (Phi) is 6.55. The van der Waals surface area contributed by atoms with Crippen molar-refractivity contribution in [1.82, 2.24) is 4.72 Å². The fourth-order valence-corrected chi connectivity index (χ4v) is 3.68. The van der Waals surface area contributed by atoms with Crippen molar-refractivity contribution < 1.29 is 35.5 Å². The standard InChI is InChI=1S/C17H16F5NO3S/c18-12-4-5-13(15(19)10-12)11-3-6-16(14(9-11)17(20,21)22)27(25,26)23-7-1-2-8-24/h3-6,9-10,23-24H,1-2,7-8H2. The smallest absolute Gasteiger partial charge is 0.396 e. The van der Waals surface area contributed by atoms with Crippen LogP contribution in [0.5, 0.6) is 0 Å². The monoisotopic (exact) mass is 409 g/mol. The predicted octanol–water partition coefficient (Wildman–Crippen LogP) is 3.70. The minimum absolute atomic E-state index is 0.144. The highest BCUT2D eigenvalue weighted by atomic mass is 32.2. The molecule has 10 heteroatoms. The number of hydrogen-bond acceptors (Lipinski definition) is 3. The molecule has 0 radical (unpaired) electrons. The lowest BCUT2D eigenvalue weighted by Crippen LogP contribution is -2.27. The third kappa shape index (κ3) is 5.24. The van der Waals surface area contributed by atoms with E-state index in [2.05, 4.69) is 0 Å². The van der Waals surface area contributed by atoms with Gasteiger partial charge in [-0.2, -0.15) is 13.2 Å². The van der Waals surface area contributed by atoms with Crippen molar-refractivity contribution in [1.29, 1.82) is 0 Å². The van der Waals surface area contributed by atoms with Gasteiger partial charge in [0.05, 0.1) is 10.5 Å². The molecule has 0 atom stereocenters. The van der Waals surface area contributed by atoms with E-state index in [9.17, 15) is 30.4 Å². The molecule has 0 spiro atoms. The summed E-state index contributed by atoms with van der Waals surface area (Å²) in [5.41, 5.74) is -1.99. The Morgan fingerprint density at radius 1 is 1.00 bits per heavy atom. The summed E-state index contributed by atoms with van der Waals surface area (Å²) in [5.74, 6) is -1.96. The van der Waals surface area contributed by atoms with Gasteiger partial charge in [0.2, 0.25) is 10.0 Å². The van der Waals surface area contributed by atoms with Crippen LogP contribution >= 0.6 is 0 Å². The predicted molar refractivity (Wildman–Crippen MR) is 88.3 cm³/mol. The third-order valence-electron chi connectivity index (χ3n) is 3.69. The SMILES string of the molecule is O=S(=O)(NCCCCO)c1ccc(-c2ccc(F)cc2F)cc1C(F)(F)F. The highest BCUT2D eigenvalue weighted by Crippen LogP contribution is 2.37. The molecule has 0 amide bonds. The zero-order valence-corrected chi connectivity index (χ0v) is 14.7. The van der Waals surface area contributed by atoms with Gasteiger partial charge in [-0.15, -0.1) is 0 Å². The summed E-state index contributed by atoms with van der Waals surface area (Å²) in [4.78, 5) is -0.995. The Balaban J connectivity index is 2.48. The summed E-state index contributed by atoms with van der Waals surface area (Å²) in [7, 11) is -4.48. The molecule has 0 aliphatic rings. The van der Waals surface area contributed by atoms with Gasteiger partial charge in [0, 0.05) is 24.8 Å². The highest BCUT2D eigenvalue weighted by Gasteiger charge is 2.37. The minimum Gasteiger partial charge on any atom is -0.396 e. The Hall–Kier alpha value is -2.04. The van der Waals surface area contributed by atoms with Crippen LogP contribution in [0, 0.1) is 11.6 Å². The Morgan fingerprint density at radius 2 is 1.70 bits per heavy atom. The number of unbranched alkanes of at least 4 members (excludes halogenated alkanes) is 1. The van der Waals surface area contributed by atoms with Crippen molar-refractivity contribution in [3.05, 3.63) is 53.6 Å². The summed E-state index contributed by atoms with van der Waals surface area (Å²) in [6, 6.07) is 4.65. The normalized spacial score (nSPS) is 12.4. The van der Waals surface area contributed by atoms with Crippen LogP contribution in [-0.4, -0.2) is 26.7 Å². The Morgan fingerprint density at radius 3 is 2.30 bits per heavy atom. The first-order valence-corrected chi connectivity index (χ1v) is 9.32. The summed E-state index contributed by atoms with van der Waals surface area (Å²) < 4.78 is 93.6. The number of aliphatic hydroxyl groups is 1. The molecular formula is C17H16F5NO3S. The number of hydrogen-bond donors (Lipinski definition) is 2. The quantitative estimate of drug-likeness (QED) is 0.541. The van der Waals surface area contributed by atoms with E-state index in [0.29, 0.717) is 12.1 Å². The van der Waals surface area contributed by atoms with Crippen LogP contribution in [0.4, 0.5) is 22.0 Å². The summed E-state index contributed by atoms with van der Waals surface area (Å²) in [6.45, 7) is -0.317. The summed E-state index contributed by atoms with van der Waals surface area (Å²) in [5, 5.41) is 8.66. The van der Waals surface area contributed by atoms with E-state index >= 15 is 0 Å². The molecule has 2 N–H and O–H groups in total. The maximum absolute atomic E-state index is 13.9. The first kappa shape index (κ1) is 21.3. The van der Waals surface area contributed by atoms with E-state index in [1.165, 1.54) is 0 Å². The number of alkyl halides is 3. The number of sulfonamides is 1. The van der Waals surface area contributed by atoms with Gasteiger partial charge in [0.15, 0.2) is 0 Å². The second-order valence-electron chi connectivity index (χ2n) is 5.66. The number of nitrogens with one attached hydrogen (secondary N) is 1. The van der Waals surface area contributed by atoms with Gasteiger partial charge >= 0.3 is 6.18 Å². The lowest BCUT2D eigenvalue weighted by Gasteiger charge is -2.16. The molecule has 0 saturated heterocycles. The van der Waals surface area contributed by atoms with Crippen LogP contribution in [0.15, 0.2) is 41.3 Å². The van der Waals surface area contributed by atoms with Crippen LogP contribution < -0.4 is 4.72 Å². The van der Waals surface area contributed by atoms with Crippen molar-refractivity contribution in [3.63, 3.8) is 0 Å². The van der Waals surface area contributed by atoms with Crippen LogP contribution in [-0.2, 0) is 16.2 Å². The average Bonchev–Trinajstić information content (AvgIpc) is 2.57. The van der Waals surface area contributed by atoms with Gasteiger partial charge < -0.3 is 5.11 Å². The first-order chi connectivity index (χ1) is 12.6. The number of aliphatic hydroxyl groups excluding tert-OH is 1. The molecule has 0 fully saturated rings. The second-order valence-corrected chi connectivity index (χ2v) is 7.40. The Labute approximate surface area is 152 Å². The van der Waals surface area contributed by atoms with Gasteiger partial charge in [-0.25, -0.2) is 21.9 Å². The fourth-order valence-electron chi connectivity index (χ4n) is 2.40. The maximum atomic E-state index is 13.9. The molecule has 27 heavy (non-hydrogen) atoms. The second kappa shape index (κ2) is 8.32. The summed E-state index contributed by atoms with van der Waals surface area (Å²) in [6.07, 6.45) is -4.48. The molecule has 148 valence electrons. The zero-order valence-electron chi connectivity index (χ0n) is 13.9. The van der Waals surface area contributed by atoms with E-state index in [4.69, 9.17) is 5.11 Å². The third-order valence-corrected chi connectivity index (χ3v) is 5.21. The highest BCUT2D eigenvalue weighted by molar-refractivity contribution is 7.89. The molecule has 0 bridgehead atoms. The van der Waals surface area contributed by atoms with Crippen LogP contribution in [0.2, 0.25) is 0 Å². The van der Waals surface area contributed by atoms with Crippen LogP contribution in [0.3, 0.4) is 0 Å². The molecule has 0 unspecified atom stereocenters. The van der Waals surface area contributed by atoms with Gasteiger partial charge in [-0.05, 0) is 42.7 Å². The van der Waals surface area contributed by atoms with Gasteiger partial charge in [0.25, 0.3) is 0 Å².